The smallest absolute Gasteiger partial charge is 0.291 e. The van der Waals surface area contributed by atoms with E-state index in [1.807, 2.05) is 0 Å². The van der Waals surface area contributed by atoms with Crippen molar-refractivity contribution in [2.75, 3.05) is 16.0 Å². The Kier molecular flexibility index (Phi) is 6.92. The molecule has 2 aromatic carbocycles. The Hall–Kier alpha value is -3.52. The number of carbonyl (C=O) groups is 1. The number of benzene rings is 2. The van der Waals surface area contributed by atoms with Crippen LogP contribution in [0.1, 0.15) is 29.1 Å². The highest BCUT2D eigenvalue weighted by atomic mass is 35.5. The Morgan fingerprint density at radius 3 is 2.33 bits per heavy atom. The first-order chi connectivity index (χ1) is 14.5. The summed E-state index contributed by atoms with van der Waals surface area (Å²) in [7, 11) is 0. The fourth-order valence-electron chi connectivity index (χ4n) is 2.61. The van der Waals surface area contributed by atoms with Crippen LogP contribution in [-0.2, 0) is 0 Å². The summed E-state index contributed by atoms with van der Waals surface area (Å²) in [5.41, 5.74) is 11.3. The quantitative estimate of drug-likeness (QED) is 0.178. The maximum absolute atomic E-state index is 12.0. The van der Waals surface area contributed by atoms with Crippen molar-refractivity contribution >= 4 is 51.9 Å². The van der Waals surface area contributed by atoms with E-state index in [0.717, 1.165) is 11.3 Å². The number of anilines is 3. The Balaban J connectivity index is 1.57. The van der Waals surface area contributed by atoms with Gasteiger partial charge in [-0.05, 0) is 71.8 Å². The van der Waals surface area contributed by atoms with Gasteiger partial charge in [0.25, 0.3) is 5.91 Å². The lowest BCUT2D eigenvalue weighted by molar-refractivity contribution is 0.0996. The van der Waals surface area contributed by atoms with Crippen molar-refractivity contribution in [1.82, 2.24) is 0 Å². The second-order valence-corrected chi connectivity index (χ2v) is 7.02. The van der Waals surface area contributed by atoms with E-state index in [2.05, 4.69) is 26.0 Å². The lowest BCUT2D eigenvalue weighted by Gasteiger charge is -2.13. The monoisotopic (exact) mass is 440 g/mol. The van der Waals surface area contributed by atoms with Gasteiger partial charge in [-0.3, -0.25) is 4.79 Å². The molecular weight excluding hydrogens is 424 g/mol. The summed E-state index contributed by atoms with van der Waals surface area (Å²) in [6.45, 7) is 1.76. The molecule has 1 atom stereocenters. The number of carbonyl (C=O) groups excluding carboxylic acids is 1. The SMILES string of the molecule is CC(N=[N+]=[N-])c1ccc(NC(=S)Nc2ccc(NC(=O)c3ccco3)cc2)cc1Cl. The molecule has 0 aliphatic rings. The zero-order valence-electron chi connectivity index (χ0n) is 15.8. The number of furan rings is 1. The van der Waals surface area contributed by atoms with Gasteiger partial charge >= 0.3 is 0 Å². The van der Waals surface area contributed by atoms with Crippen LogP contribution in [0.15, 0.2) is 70.4 Å². The van der Waals surface area contributed by atoms with Crippen LogP contribution in [0.2, 0.25) is 5.02 Å². The molecule has 0 saturated heterocycles. The van der Waals surface area contributed by atoms with Gasteiger partial charge in [0.1, 0.15) is 0 Å². The van der Waals surface area contributed by atoms with E-state index in [1.54, 1.807) is 61.5 Å². The molecule has 1 amide bonds. The summed E-state index contributed by atoms with van der Waals surface area (Å²) >= 11 is 11.6. The van der Waals surface area contributed by atoms with E-state index in [9.17, 15) is 4.79 Å². The Morgan fingerprint density at radius 1 is 1.10 bits per heavy atom. The molecule has 1 heterocycles. The average Bonchev–Trinajstić information content (AvgIpc) is 3.25. The number of nitrogens with one attached hydrogen (secondary N) is 3. The fraction of sp³-hybridized carbons (Fsp3) is 0.100. The van der Waals surface area contributed by atoms with Crippen LogP contribution < -0.4 is 16.0 Å². The molecule has 3 rings (SSSR count). The molecule has 152 valence electrons. The molecule has 30 heavy (non-hydrogen) atoms. The van der Waals surface area contributed by atoms with Gasteiger partial charge in [-0.1, -0.05) is 29.7 Å². The predicted octanol–water partition coefficient (Wildman–Crippen LogP) is 6.37. The molecule has 1 aromatic heterocycles. The minimum absolute atomic E-state index is 0.237. The lowest BCUT2D eigenvalue weighted by atomic mass is 10.1. The van der Waals surface area contributed by atoms with E-state index in [-0.39, 0.29) is 17.7 Å². The van der Waals surface area contributed by atoms with Crippen molar-refractivity contribution in [3.8, 4) is 0 Å². The zero-order chi connectivity index (χ0) is 21.5. The van der Waals surface area contributed by atoms with E-state index in [4.69, 9.17) is 33.8 Å². The van der Waals surface area contributed by atoms with Crippen molar-refractivity contribution in [2.24, 2.45) is 5.11 Å². The maximum atomic E-state index is 12.0. The third-order valence-corrected chi connectivity index (χ3v) is 4.61. The van der Waals surface area contributed by atoms with Gasteiger partial charge in [0, 0.05) is 27.0 Å². The molecule has 0 spiro atoms. The number of amides is 1. The molecular formula is C20H17ClN6O2S. The van der Waals surface area contributed by atoms with E-state index in [1.165, 1.54) is 6.26 Å². The van der Waals surface area contributed by atoms with Crippen molar-refractivity contribution in [1.29, 1.82) is 0 Å². The average molecular weight is 441 g/mol. The van der Waals surface area contributed by atoms with Crippen molar-refractivity contribution < 1.29 is 9.21 Å². The summed E-state index contributed by atoms with van der Waals surface area (Å²) in [6, 6.07) is 15.2. The predicted molar refractivity (Wildman–Crippen MR) is 122 cm³/mol. The second-order valence-electron chi connectivity index (χ2n) is 6.21. The van der Waals surface area contributed by atoms with Gasteiger partial charge in [-0.25, -0.2) is 0 Å². The molecule has 3 N–H and O–H groups in total. The molecule has 0 fully saturated rings. The molecule has 0 aliphatic carbocycles. The highest BCUT2D eigenvalue weighted by Crippen LogP contribution is 2.28. The molecule has 1 unspecified atom stereocenters. The second kappa shape index (κ2) is 9.80. The molecule has 0 radical (unpaired) electrons. The van der Waals surface area contributed by atoms with Gasteiger partial charge in [-0.2, -0.15) is 0 Å². The summed E-state index contributed by atoms with van der Waals surface area (Å²) in [5.74, 6) is -0.0888. The normalized spacial score (nSPS) is 11.1. The van der Waals surface area contributed by atoms with Crippen molar-refractivity contribution in [3.63, 3.8) is 0 Å². The topological polar surface area (TPSA) is 115 Å². The first-order valence-corrected chi connectivity index (χ1v) is 9.61. The highest BCUT2D eigenvalue weighted by molar-refractivity contribution is 7.80. The van der Waals surface area contributed by atoms with Gasteiger partial charge in [0.15, 0.2) is 10.9 Å². The minimum Gasteiger partial charge on any atom is -0.459 e. The number of thiocarbonyl (C=S) groups is 1. The number of halogens is 1. The molecule has 0 bridgehead atoms. The maximum Gasteiger partial charge on any atom is 0.291 e. The van der Waals surface area contributed by atoms with Crippen LogP contribution in [0.3, 0.4) is 0 Å². The first-order valence-electron chi connectivity index (χ1n) is 8.83. The largest absolute Gasteiger partial charge is 0.459 e. The minimum atomic E-state index is -0.367. The third-order valence-electron chi connectivity index (χ3n) is 4.08. The van der Waals surface area contributed by atoms with E-state index < -0.39 is 0 Å². The summed E-state index contributed by atoms with van der Waals surface area (Å²) in [5, 5.41) is 13.3. The Labute approximate surface area is 182 Å². The Bertz CT molecular complexity index is 1090. The van der Waals surface area contributed by atoms with Crippen LogP contribution in [-0.4, -0.2) is 11.0 Å². The lowest BCUT2D eigenvalue weighted by Crippen LogP contribution is -2.19. The molecule has 0 aliphatic heterocycles. The van der Waals surface area contributed by atoms with Gasteiger partial charge in [0.05, 0.1) is 12.3 Å². The summed E-state index contributed by atoms with van der Waals surface area (Å²) in [4.78, 5) is 14.8. The van der Waals surface area contributed by atoms with Crippen molar-refractivity contribution in [3.05, 3.63) is 87.6 Å². The van der Waals surface area contributed by atoms with E-state index in [0.29, 0.717) is 21.5 Å². The number of hydrogen-bond donors (Lipinski definition) is 3. The highest BCUT2D eigenvalue weighted by Gasteiger charge is 2.10. The van der Waals surface area contributed by atoms with Crippen molar-refractivity contribution in [2.45, 2.75) is 13.0 Å². The van der Waals surface area contributed by atoms with Gasteiger partial charge in [-0.15, -0.1) is 0 Å². The summed E-state index contributed by atoms with van der Waals surface area (Å²) in [6.07, 6.45) is 1.44. The van der Waals surface area contributed by atoms with Gasteiger partial charge in [0.2, 0.25) is 0 Å². The molecule has 8 nitrogen and oxygen atoms in total. The number of rotatable bonds is 6. The van der Waals surface area contributed by atoms with Crippen LogP contribution >= 0.6 is 23.8 Å². The first kappa shape index (κ1) is 21.2. The number of azide groups is 1. The molecule has 0 saturated carbocycles. The fourth-order valence-corrected chi connectivity index (χ4v) is 3.19. The van der Waals surface area contributed by atoms with E-state index >= 15 is 0 Å². The Morgan fingerprint density at radius 2 is 1.73 bits per heavy atom. The number of hydrogen-bond acceptors (Lipinski definition) is 4. The standard InChI is InChI=1S/C20H17ClN6O2S/c1-12(26-27-22)16-9-8-15(11-17(16)21)25-20(30)24-14-6-4-13(5-7-14)23-19(28)18-3-2-10-29-18/h2-12H,1H3,(H,23,28)(H2,24,25,30). The van der Waals surface area contributed by atoms with Crippen LogP contribution in [0, 0.1) is 0 Å². The summed E-state index contributed by atoms with van der Waals surface area (Å²) < 4.78 is 5.06. The van der Waals surface area contributed by atoms with Gasteiger partial charge < -0.3 is 20.4 Å². The number of nitrogens with zero attached hydrogens (tertiary/aromatic N) is 3. The van der Waals surface area contributed by atoms with Crippen LogP contribution in [0.25, 0.3) is 10.4 Å². The third kappa shape index (κ3) is 5.51. The van der Waals surface area contributed by atoms with Crippen LogP contribution in [0.4, 0.5) is 17.1 Å². The molecule has 3 aromatic rings. The van der Waals surface area contributed by atoms with Crippen LogP contribution in [0.5, 0.6) is 0 Å². The molecule has 10 heteroatoms. The zero-order valence-corrected chi connectivity index (χ0v) is 17.4.